The summed E-state index contributed by atoms with van der Waals surface area (Å²) < 4.78 is 18.2. The molecule has 1 N–H and O–H groups in total. The van der Waals surface area contributed by atoms with Crippen LogP contribution in [-0.2, 0) is 0 Å². The molecule has 2 aromatic rings. The number of benzene rings is 1. The summed E-state index contributed by atoms with van der Waals surface area (Å²) >= 11 is 0. The van der Waals surface area contributed by atoms with Gasteiger partial charge in [-0.15, -0.1) is 0 Å². The standard InChI is InChI=1S/C12H8FNO3/c13-8-2-1-3-9(6-8)17-11-7-14-5-4-10(11)12(15)16/h1-7H,(H,15,16). The van der Waals surface area contributed by atoms with Crippen LogP contribution in [0, 0.1) is 5.82 Å². The Balaban J connectivity index is 2.33. The Morgan fingerprint density at radius 3 is 2.88 bits per heavy atom. The van der Waals surface area contributed by atoms with Crippen LogP contribution in [0.3, 0.4) is 0 Å². The largest absolute Gasteiger partial charge is 0.478 e. The number of nitrogens with zero attached hydrogens (tertiary/aromatic N) is 1. The van der Waals surface area contributed by atoms with E-state index >= 15 is 0 Å². The van der Waals surface area contributed by atoms with Gasteiger partial charge in [0.05, 0.1) is 6.20 Å². The number of carboxylic acid groups (broad SMARTS) is 1. The van der Waals surface area contributed by atoms with E-state index in [9.17, 15) is 9.18 Å². The van der Waals surface area contributed by atoms with E-state index in [1.807, 2.05) is 0 Å². The predicted octanol–water partition coefficient (Wildman–Crippen LogP) is 2.71. The molecule has 1 aromatic heterocycles. The quantitative estimate of drug-likeness (QED) is 0.885. The predicted molar refractivity (Wildman–Crippen MR) is 57.7 cm³/mol. The molecule has 0 fully saturated rings. The fourth-order valence-corrected chi connectivity index (χ4v) is 1.30. The van der Waals surface area contributed by atoms with Gasteiger partial charge in [0.2, 0.25) is 0 Å². The van der Waals surface area contributed by atoms with Gasteiger partial charge in [0, 0.05) is 12.3 Å². The fourth-order valence-electron chi connectivity index (χ4n) is 1.30. The van der Waals surface area contributed by atoms with E-state index in [-0.39, 0.29) is 17.1 Å². The van der Waals surface area contributed by atoms with E-state index < -0.39 is 11.8 Å². The Bertz CT molecular complexity index is 557. The molecule has 2 rings (SSSR count). The highest BCUT2D eigenvalue weighted by molar-refractivity contribution is 5.90. The zero-order valence-corrected chi connectivity index (χ0v) is 8.63. The van der Waals surface area contributed by atoms with Gasteiger partial charge in [0.15, 0.2) is 5.75 Å². The lowest BCUT2D eigenvalue weighted by atomic mass is 10.2. The highest BCUT2D eigenvalue weighted by atomic mass is 19.1. The van der Waals surface area contributed by atoms with Gasteiger partial charge >= 0.3 is 5.97 Å². The first-order valence-corrected chi connectivity index (χ1v) is 4.77. The van der Waals surface area contributed by atoms with E-state index in [2.05, 4.69) is 4.98 Å². The van der Waals surface area contributed by atoms with E-state index in [1.54, 1.807) is 0 Å². The van der Waals surface area contributed by atoms with Crippen LogP contribution in [0.25, 0.3) is 0 Å². The van der Waals surface area contributed by atoms with Crippen molar-refractivity contribution in [1.29, 1.82) is 0 Å². The zero-order chi connectivity index (χ0) is 12.3. The summed E-state index contributed by atoms with van der Waals surface area (Å²) in [5.41, 5.74) is -0.0238. The maximum atomic E-state index is 12.9. The van der Waals surface area contributed by atoms with Crippen LogP contribution in [0.5, 0.6) is 11.5 Å². The minimum atomic E-state index is -1.13. The van der Waals surface area contributed by atoms with Gasteiger partial charge in [-0.3, -0.25) is 4.98 Å². The molecule has 0 amide bonds. The minimum absolute atomic E-state index is 0.0238. The number of rotatable bonds is 3. The Labute approximate surface area is 96.3 Å². The number of halogens is 1. The summed E-state index contributed by atoms with van der Waals surface area (Å²) in [6, 6.07) is 6.76. The molecular weight excluding hydrogens is 225 g/mol. The zero-order valence-electron chi connectivity index (χ0n) is 8.63. The summed E-state index contributed by atoms with van der Waals surface area (Å²) in [4.78, 5) is 14.7. The second kappa shape index (κ2) is 4.61. The van der Waals surface area contributed by atoms with Gasteiger partial charge in [-0.2, -0.15) is 0 Å². The molecule has 0 atom stereocenters. The number of carbonyl (C=O) groups is 1. The maximum Gasteiger partial charge on any atom is 0.339 e. The molecule has 0 spiro atoms. The van der Waals surface area contributed by atoms with Gasteiger partial charge in [-0.1, -0.05) is 6.07 Å². The average Bonchev–Trinajstić information content (AvgIpc) is 2.29. The molecule has 1 heterocycles. The van der Waals surface area contributed by atoms with Crippen LogP contribution < -0.4 is 4.74 Å². The molecule has 4 nitrogen and oxygen atoms in total. The van der Waals surface area contributed by atoms with Crippen molar-refractivity contribution in [2.75, 3.05) is 0 Å². The Kier molecular flexibility index (Phi) is 3.00. The number of carboxylic acids is 1. The number of hydrogen-bond acceptors (Lipinski definition) is 3. The van der Waals surface area contributed by atoms with Crippen LogP contribution in [0.4, 0.5) is 4.39 Å². The number of pyridine rings is 1. The van der Waals surface area contributed by atoms with Gasteiger partial charge < -0.3 is 9.84 Å². The molecule has 0 aliphatic rings. The monoisotopic (exact) mass is 233 g/mol. The highest BCUT2D eigenvalue weighted by Crippen LogP contribution is 2.24. The van der Waals surface area contributed by atoms with E-state index in [1.165, 1.54) is 42.7 Å². The highest BCUT2D eigenvalue weighted by Gasteiger charge is 2.11. The Morgan fingerprint density at radius 2 is 2.18 bits per heavy atom. The molecule has 0 unspecified atom stereocenters. The molecule has 86 valence electrons. The molecule has 0 bridgehead atoms. The van der Waals surface area contributed by atoms with Crippen molar-refractivity contribution >= 4 is 5.97 Å². The van der Waals surface area contributed by atoms with E-state index in [0.29, 0.717) is 0 Å². The van der Waals surface area contributed by atoms with Crippen molar-refractivity contribution in [3.63, 3.8) is 0 Å². The van der Waals surface area contributed by atoms with E-state index in [4.69, 9.17) is 9.84 Å². The number of hydrogen-bond donors (Lipinski definition) is 1. The lowest BCUT2D eigenvalue weighted by molar-refractivity contribution is 0.0694. The van der Waals surface area contributed by atoms with Gasteiger partial charge in [0.25, 0.3) is 0 Å². The molecule has 0 saturated carbocycles. The topological polar surface area (TPSA) is 59.4 Å². The van der Waals surface area contributed by atoms with Crippen LogP contribution in [-0.4, -0.2) is 16.1 Å². The van der Waals surface area contributed by atoms with Crippen molar-refractivity contribution in [2.24, 2.45) is 0 Å². The average molecular weight is 233 g/mol. The summed E-state index contributed by atoms with van der Waals surface area (Å²) in [6.07, 6.45) is 2.62. The van der Waals surface area contributed by atoms with Crippen LogP contribution >= 0.6 is 0 Å². The summed E-state index contributed by atoms with van der Waals surface area (Å²) in [5, 5.41) is 8.92. The first-order chi connectivity index (χ1) is 8.16. The first kappa shape index (κ1) is 11.1. The molecule has 0 radical (unpaired) electrons. The van der Waals surface area contributed by atoms with Crippen molar-refractivity contribution in [3.8, 4) is 11.5 Å². The molecule has 1 aromatic carbocycles. The smallest absolute Gasteiger partial charge is 0.339 e. The summed E-state index contributed by atoms with van der Waals surface area (Å²) in [5.74, 6) is -1.28. The fraction of sp³-hybridized carbons (Fsp3) is 0. The molecule has 5 heteroatoms. The van der Waals surface area contributed by atoms with Crippen molar-refractivity contribution < 1.29 is 19.0 Å². The maximum absolute atomic E-state index is 12.9. The van der Waals surface area contributed by atoms with Crippen LogP contribution in [0.1, 0.15) is 10.4 Å². The number of ether oxygens (including phenoxy) is 1. The molecule has 0 saturated heterocycles. The normalized spacial score (nSPS) is 9.94. The van der Waals surface area contributed by atoms with Gasteiger partial charge in [0.1, 0.15) is 17.1 Å². The van der Waals surface area contributed by atoms with Crippen molar-refractivity contribution in [3.05, 3.63) is 54.1 Å². The van der Waals surface area contributed by atoms with Gasteiger partial charge in [-0.25, -0.2) is 9.18 Å². The van der Waals surface area contributed by atoms with Crippen molar-refractivity contribution in [2.45, 2.75) is 0 Å². The summed E-state index contributed by atoms with van der Waals surface area (Å²) in [6.45, 7) is 0. The Morgan fingerprint density at radius 1 is 1.35 bits per heavy atom. The second-order valence-corrected chi connectivity index (χ2v) is 3.24. The summed E-state index contributed by atoms with van der Waals surface area (Å²) in [7, 11) is 0. The molecule has 0 aliphatic heterocycles. The van der Waals surface area contributed by atoms with Crippen LogP contribution in [0.15, 0.2) is 42.7 Å². The third kappa shape index (κ3) is 2.57. The molecule has 0 aliphatic carbocycles. The Hall–Kier alpha value is -2.43. The second-order valence-electron chi connectivity index (χ2n) is 3.24. The first-order valence-electron chi connectivity index (χ1n) is 4.77. The third-order valence-electron chi connectivity index (χ3n) is 2.04. The third-order valence-corrected chi connectivity index (χ3v) is 2.04. The number of aromatic carboxylic acids is 1. The van der Waals surface area contributed by atoms with Crippen molar-refractivity contribution in [1.82, 2.24) is 4.98 Å². The molecule has 17 heavy (non-hydrogen) atoms. The van der Waals surface area contributed by atoms with Crippen LogP contribution in [0.2, 0.25) is 0 Å². The lowest BCUT2D eigenvalue weighted by Gasteiger charge is -2.07. The minimum Gasteiger partial charge on any atom is -0.478 e. The lowest BCUT2D eigenvalue weighted by Crippen LogP contribution is -2.00. The van der Waals surface area contributed by atoms with Gasteiger partial charge in [-0.05, 0) is 18.2 Å². The SMILES string of the molecule is O=C(O)c1ccncc1Oc1cccc(F)c1. The molecular formula is C12H8FNO3. The van der Waals surface area contributed by atoms with E-state index in [0.717, 1.165) is 0 Å². The number of aromatic nitrogens is 1.